The molecule has 1 rings (SSSR count). The molecule has 0 aliphatic rings. The molecular weight excluding hydrogens is 172 g/mol. The van der Waals surface area contributed by atoms with Crippen LogP contribution in [0.1, 0.15) is 12.6 Å². The highest BCUT2D eigenvalue weighted by Crippen LogP contribution is 2.11. The summed E-state index contributed by atoms with van der Waals surface area (Å²) in [6, 6.07) is 0. The van der Waals surface area contributed by atoms with Crippen LogP contribution in [0.3, 0.4) is 0 Å². The fraction of sp³-hybridized carbons (Fsp3) is 0.500. The average molecular weight is 184 g/mol. The summed E-state index contributed by atoms with van der Waals surface area (Å²) in [6.07, 6.45) is 1.50. The monoisotopic (exact) mass is 184 g/mol. The predicted octanol–water partition coefficient (Wildman–Crippen LogP) is 0.460. The van der Waals surface area contributed by atoms with Crippen LogP contribution < -0.4 is 0 Å². The molecule has 1 heterocycles. The predicted molar refractivity (Wildman–Crippen MR) is 45.3 cm³/mol. The minimum atomic E-state index is -0.312. The molecule has 0 atom stereocenters. The van der Waals surface area contributed by atoms with Crippen LogP contribution in [0.2, 0.25) is 0 Å². The van der Waals surface area contributed by atoms with Crippen molar-refractivity contribution in [1.29, 1.82) is 0 Å². The summed E-state index contributed by atoms with van der Waals surface area (Å²) in [5.41, 5.74) is 0.572. The van der Waals surface area contributed by atoms with Crippen LogP contribution in [-0.4, -0.2) is 27.5 Å². The van der Waals surface area contributed by atoms with E-state index in [-0.39, 0.29) is 18.3 Å². The summed E-state index contributed by atoms with van der Waals surface area (Å²) < 4.78 is 6.25. The molecule has 0 unspecified atom stereocenters. The van der Waals surface area contributed by atoms with E-state index in [0.29, 0.717) is 12.2 Å². The van der Waals surface area contributed by atoms with E-state index in [2.05, 4.69) is 5.10 Å². The van der Waals surface area contributed by atoms with E-state index >= 15 is 0 Å². The summed E-state index contributed by atoms with van der Waals surface area (Å²) in [5, 5.41) is 13.1. The van der Waals surface area contributed by atoms with Crippen molar-refractivity contribution in [2.75, 3.05) is 6.61 Å². The van der Waals surface area contributed by atoms with Gasteiger partial charge in [-0.25, -0.2) is 0 Å². The van der Waals surface area contributed by atoms with Crippen LogP contribution >= 0.6 is 0 Å². The zero-order valence-corrected chi connectivity index (χ0v) is 7.65. The first-order valence-electron chi connectivity index (χ1n) is 3.96. The number of aryl methyl sites for hydroxylation is 1. The van der Waals surface area contributed by atoms with Crippen LogP contribution in [-0.2, 0) is 16.1 Å². The first-order valence-corrected chi connectivity index (χ1v) is 3.96. The lowest BCUT2D eigenvalue weighted by Gasteiger charge is -2.00. The topological polar surface area (TPSA) is 64.3 Å². The first-order chi connectivity index (χ1) is 6.09. The van der Waals surface area contributed by atoms with E-state index in [1.54, 1.807) is 6.92 Å². The second kappa shape index (κ2) is 3.93. The molecular formula is C8H12N2O3. The molecule has 72 valence electrons. The fourth-order valence-corrected chi connectivity index (χ4v) is 0.905. The third-order valence-electron chi connectivity index (χ3n) is 1.55. The molecule has 13 heavy (non-hydrogen) atoms. The lowest BCUT2D eigenvalue weighted by Crippen LogP contribution is -2.09. The van der Waals surface area contributed by atoms with E-state index in [1.807, 2.05) is 0 Å². The van der Waals surface area contributed by atoms with Gasteiger partial charge >= 0.3 is 5.97 Å². The van der Waals surface area contributed by atoms with E-state index in [0.717, 1.165) is 0 Å². The minimum absolute atomic E-state index is 0.155. The van der Waals surface area contributed by atoms with E-state index in [9.17, 15) is 4.79 Å². The number of nitrogens with zero attached hydrogens (tertiary/aromatic N) is 2. The Balaban J connectivity index is 2.41. The summed E-state index contributed by atoms with van der Waals surface area (Å²) >= 11 is 0. The standard InChI is InChI=1S/C8H12N2O3/c1-6-8(12)5-10(9-6)3-4-13-7(2)11/h5,12H,3-4H2,1-2H3. The number of ether oxygens (including phenoxy) is 1. The van der Waals surface area contributed by atoms with Crippen LogP contribution in [0.15, 0.2) is 6.20 Å². The zero-order chi connectivity index (χ0) is 9.84. The normalized spacial score (nSPS) is 10.0. The van der Waals surface area contributed by atoms with Crippen LogP contribution in [0.25, 0.3) is 0 Å². The maximum atomic E-state index is 10.4. The van der Waals surface area contributed by atoms with E-state index in [4.69, 9.17) is 9.84 Å². The van der Waals surface area contributed by atoms with Crippen LogP contribution in [0, 0.1) is 6.92 Å². The third-order valence-corrected chi connectivity index (χ3v) is 1.55. The molecule has 0 spiro atoms. The maximum absolute atomic E-state index is 10.4. The van der Waals surface area contributed by atoms with Gasteiger partial charge in [-0.1, -0.05) is 0 Å². The van der Waals surface area contributed by atoms with Crippen molar-refractivity contribution >= 4 is 5.97 Å². The first kappa shape index (κ1) is 9.57. The van der Waals surface area contributed by atoms with Gasteiger partial charge in [-0.3, -0.25) is 9.48 Å². The Labute approximate surface area is 75.9 Å². The Morgan fingerprint density at radius 3 is 2.92 bits per heavy atom. The molecule has 0 aliphatic carbocycles. The second-order valence-corrected chi connectivity index (χ2v) is 2.70. The minimum Gasteiger partial charge on any atom is -0.504 e. The Morgan fingerprint density at radius 2 is 2.46 bits per heavy atom. The van der Waals surface area contributed by atoms with Crippen LogP contribution in [0.5, 0.6) is 5.75 Å². The molecule has 0 saturated carbocycles. The summed E-state index contributed by atoms with van der Waals surface area (Å²) in [7, 11) is 0. The number of rotatable bonds is 3. The van der Waals surface area contributed by atoms with Gasteiger partial charge in [-0.2, -0.15) is 5.10 Å². The molecule has 1 aromatic heterocycles. The van der Waals surface area contributed by atoms with Gasteiger partial charge in [0, 0.05) is 6.92 Å². The van der Waals surface area contributed by atoms with Gasteiger partial charge in [-0.15, -0.1) is 0 Å². The Morgan fingerprint density at radius 1 is 1.77 bits per heavy atom. The number of hydrogen-bond donors (Lipinski definition) is 1. The van der Waals surface area contributed by atoms with Crippen molar-refractivity contribution in [3.63, 3.8) is 0 Å². The average Bonchev–Trinajstić information content (AvgIpc) is 2.30. The Bertz CT molecular complexity index is 287. The number of aromatic hydroxyl groups is 1. The van der Waals surface area contributed by atoms with Crippen LogP contribution in [0.4, 0.5) is 0 Å². The smallest absolute Gasteiger partial charge is 0.302 e. The van der Waals surface area contributed by atoms with Gasteiger partial charge in [0.05, 0.1) is 12.7 Å². The lowest BCUT2D eigenvalue weighted by atomic mass is 10.5. The summed E-state index contributed by atoms with van der Waals surface area (Å²) in [4.78, 5) is 10.4. The number of hydrogen-bond acceptors (Lipinski definition) is 4. The van der Waals surface area contributed by atoms with Gasteiger partial charge in [0.2, 0.25) is 0 Å². The van der Waals surface area contributed by atoms with Crippen molar-refractivity contribution < 1.29 is 14.6 Å². The molecule has 0 aliphatic heterocycles. The highest BCUT2D eigenvalue weighted by Gasteiger charge is 2.02. The number of carbonyl (C=O) groups excluding carboxylic acids is 1. The quantitative estimate of drug-likeness (QED) is 0.693. The molecule has 1 aromatic rings. The van der Waals surface area contributed by atoms with E-state index < -0.39 is 0 Å². The molecule has 0 fully saturated rings. The van der Waals surface area contributed by atoms with Crippen molar-refractivity contribution in [3.05, 3.63) is 11.9 Å². The highest BCUT2D eigenvalue weighted by atomic mass is 16.5. The molecule has 0 amide bonds. The van der Waals surface area contributed by atoms with Crippen molar-refractivity contribution in [2.45, 2.75) is 20.4 Å². The number of aromatic nitrogens is 2. The number of esters is 1. The SMILES string of the molecule is CC(=O)OCCn1cc(O)c(C)n1. The second-order valence-electron chi connectivity index (χ2n) is 2.70. The van der Waals surface area contributed by atoms with Gasteiger partial charge in [-0.05, 0) is 6.92 Å². The van der Waals surface area contributed by atoms with Gasteiger partial charge in [0.15, 0.2) is 5.75 Å². The molecule has 0 saturated heterocycles. The highest BCUT2D eigenvalue weighted by molar-refractivity contribution is 5.65. The fourth-order valence-electron chi connectivity index (χ4n) is 0.905. The van der Waals surface area contributed by atoms with Crippen molar-refractivity contribution in [2.24, 2.45) is 0 Å². The number of carbonyl (C=O) groups is 1. The molecule has 5 nitrogen and oxygen atoms in total. The molecule has 0 aromatic carbocycles. The Kier molecular flexibility index (Phi) is 2.89. The largest absolute Gasteiger partial charge is 0.504 e. The van der Waals surface area contributed by atoms with Gasteiger partial charge < -0.3 is 9.84 Å². The van der Waals surface area contributed by atoms with Gasteiger partial charge in [0.1, 0.15) is 12.3 Å². The molecule has 1 N–H and O–H groups in total. The van der Waals surface area contributed by atoms with Crippen molar-refractivity contribution in [3.8, 4) is 5.75 Å². The van der Waals surface area contributed by atoms with Gasteiger partial charge in [0.25, 0.3) is 0 Å². The molecule has 5 heteroatoms. The maximum Gasteiger partial charge on any atom is 0.302 e. The Hall–Kier alpha value is -1.52. The zero-order valence-electron chi connectivity index (χ0n) is 7.65. The molecule has 0 bridgehead atoms. The summed E-state index contributed by atoms with van der Waals surface area (Å²) in [6.45, 7) is 3.79. The molecule has 0 radical (unpaired) electrons. The summed E-state index contributed by atoms with van der Waals surface area (Å²) in [5.74, 6) is -0.157. The lowest BCUT2D eigenvalue weighted by molar-refractivity contribution is -0.141. The van der Waals surface area contributed by atoms with Crippen molar-refractivity contribution in [1.82, 2.24) is 9.78 Å². The van der Waals surface area contributed by atoms with E-state index in [1.165, 1.54) is 17.8 Å². The third kappa shape index (κ3) is 2.77.